The number of nitrogens with two attached hydrogens (primary N) is 1. The van der Waals surface area contributed by atoms with E-state index in [1.54, 1.807) is 36.4 Å². The third kappa shape index (κ3) is 2.80. The van der Waals surface area contributed by atoms with Crippen molar-refractivity contribution in [1.82, 2.24) is 5.32 Å². The van der Waals surface area contributed by atoms with Gasteiger partial charge in [-0.2, -0.15) is 10.1 Å². The Morgan fingerprint density at radius 1 is 1.14 bits per heavy atom. The van der Waals surface area contributed by atoms with Gasteiger partial charge in [-0.1, -0.05) is 24.3 Å². The summed E-state index contributed by atoms with van der Waals surface area (Å²) in [5.74, 6) is -0.205. The molecule has 0 saturated heterocycles. The quantitative estimate of drug-likeness (QED) is 0.827. The van der Waals surface area contributed by atoms with E-state index >= 15 is 0 Å². The fraction of sp³-hybridized carbons (Fsp3) is 0.0625. The van der Waals surface area contributed by atoms with E-state index < -0.39 is 0 Å². The van der Waals surface area contributed by atoms with E-state index in [1.807, 2.05) is 18.2 Å². The second-order valence-electron chi connectivity index (χ2n) is 4.84. The van der Waals surface area contributed by atoms with Gasteiger partial charge in [0.25, 0.3) is 11.8 Å². The number of hydrazone groups is 1. The number of amidine groups is 1. The highest BCUT2D eigenvalue weighted by Gasteiger charge is 2.26. The molecule has 2 aromatic carbocycles. The van der Waals surface area contributed by atoms with Gasteiger partial charge in [0.2, 0.25) is 0 Å². The van der Waals surface area contributed by atoms with Crippen molar-refractivity contribution < 1.29 is 9.59 Å². The molecule has 0 saturated carbocycles. The summed E-state index contributed by atoms with van der Waals surface area (Å²) < 4.78 is 0. The van der Waals surface area contributed by atoms with Crippen molar-refractivity contribution in [2.24, 2.45) is 5.10 Å². The van der Waals surface area contributed by atoms with Crippen molar-refractivity contribution in [3.05, 3.63) is 60.2 Å². The molecule has 1 aliphatic rings. The minimum absolute atomic E-state index is 0.0585. The first-order valence-electron chi connectivity index (χ1n) is 6.76. The summed E-state index contributed by atoms with van der Waals surface area (Å²) >= 11 is 0. The normalized spacial score (nSPS) is 13.9. The molecule has 0 spiro atoms. The van der Waals surface area contributed by atoms with Gasteiger partial charge in [0.05, 0.1) is 12.1 Å². The lowest BCUT2D eigenvalue weighted by molar-refractivity contribution is -0.116. The van der Waals surface area contributed by atoms with Crippen LogP contribution >= 0.6 is 0 Å². The number of benzene rings is 2. The first kappa shape index (κ1) is 13.8. The molecule has 0 radical (unpaired) electrons. The van der Waals surface area contributed by atoms with Crippen LogP contribution < -0.4 is 16.1 Å². The number of carbonyl (C=O) groups excluding carboxylic acids is 2. The van der Waals surface area contributed by atoms with Gasteiger partial charge >= 0.3 is 0 Å². The molecule has 0 atom stereocenters. The number of nitrogens with one attached hydrogen (secondary N) is 1. The van der Waals surface area contributed by atoms with E-state index in [2.05, 4.69) is 10.4 Å². The average Bonchev–Trinajstić information content (AvgIpc) is 2.88. The standard InChI is InChI=1S/C16H14N4O2/c17-12-6-4-5-11(9-12)16(22)18-14-10-15(21)20(19-14)13-7-2-1-3-8-13/h1-9H,10,17H2,(H,18,19,22). The lowest BCUT2D eigenvalue weighted by atomic mass is 10.2. The molecule has 6 heteroatoms. The molecule has 2 aromatic rings. The third-order valence-corrected chi connectivity index (χ3v) is 3.18. The van der Waals surface area contributed by atoms with Crippen LogP contribution in [0.25, 0.3) is 0 Å². The van der Waals surface area contributed by atoms with Crippen LogP contribution in [-0.4, -0.2) is 17.6 Å². The molecule has 110 valence electrons. The molecule has 0 fully saturated rings. The van der Waals surface area contributed by atoms with Crippen LogP contribution in [0.5, 0.6) is 0 Å². The minimum atomic E-state index is -0.339. The van der Waals surface area contributed by atoms with Gasteiger partial charge in [-0.05, 0) is 30.3 Å². The topological polar surface area (TPSA) is 87.8 Å². The van der Waals surface area contributed by atoms with Gasteiger partial charge in [-0.25, -0.2) is 0 Å². The van der Waals surface area contributed by atoms with Crippen LogP contribution in [0.3, 0.4) is 0 Å². The number of anilines is 2. The molecular formula is C16H14N4O2. The lowest BCUT2D eigenvalue weighted by Crippen LogP contribution is -2.29. The van der Waals surface area contributed by atoms with Gasteiger partial charge < -0.3 is 11.1 Å². The summed E-state index contributed by atoms with van der Waals surface area (Å²) in [6.45, 7) is 0. The maximum atomic E-state index is 12.1. The van der Waals surface area contributed by atoms with E-state index in [1.165, 1.54) is 5.01 Å². The van der Waals surface area contributed by atoms with Crippen molar-refractivity contribution in [3.8, 4) is 0 Å². The van der Waals surface area contributed by atoms with Gasteiger partial charge in [0.15, 0.2) is 0 Å². The molecule has 0 aromatic heterocycles. The van der Waals surface area contributed by atoms with Gasteiger partial charge in [0, 0.05) is 11.3 Å². The van der Waals surface area contributed by atoms with Crippen LogP contribution in [0.2, 0.25) is 0 Å². The highest BCUT2D eigenvalue weighted by molar-refractivity contribution is 6.17. The molecule has 22 heavy (non-hydrogen) atoms. The smallest absolute Gasteiger partial charge is 0.256 e. The Morgan fingerprint density at radius 3 is 2.64 bits per heavy atom. The Bertz CT molecular complexity index is 756. The fourth-order valence-corrected chi connectivity index (χ4v) is 2.15. The Hall–Kier alpha value is -3.15. The second kappa shape index (κ2) is 5.69. The van der Waals surface area contributed by atoms with Gasteiger partial charge in [0.1, 0.15) is 5.84 Å². The maximum absolute atomic E-state index is 12.1. The van der Waals surface area contributed by atoms with Gasteiger partial charge in [-0.15, -0.1) is 0 Å². The lowest BCUT2D eigenvalue weighted by Gasteiger charge is -2.10. The van der Waals surface area contributed by atoms with E-state index in [-0.39, 0.29) is 18.2 Å². The van der Waals surface area contributed by atoms with Crippen molar-refractivity contribution >= 4 is 29.0 Å². The van der Waals surface area contributed by atoms with Crippen molar-refractivity contribution in [2.75, 3.05) is 10.7 Å². The zero-order valence-corrected chi connectivity index (χ0v) is 11.7. The molecular weight excluding hydrogens is 280 g/mol. The number of rotatable bonds is 2. The summed E-state index contributed by atoms with van der Waals surface area (Å²) in [6, 6.07) is 15.7. The van der Waals surface area contributed by atoms with Gasteiger partial charge in [-0.3, -0.25) is 9.59 Å². The van der Waals surface area contributed by atoms with Crippen molar-refractivity contribution in [1.29, 1.82) is 0 Å². The Kier molecular flexibility index (Phi) is 3.57. The number of nitrogens with zero attached hydrogens (tertiary/aromatic N) is 2. The Labute approximate surface area is 127 Å². The highest BCUT2D eigenvalue weighted by Crippen LogP contribution is 2.19. The van der Waals surface area contributed by atoms with Crippen molar-refractivity contribution in [3.63, 3.8) is 0 Å². The number of carbonyl (C=O) groups is 2. The Morgan fingerprint density at radius 2 is 1.91 bits per heavy atom. The predicted octanol–water partition coefficient (Wildman–Crippen LogP) is 1.75. The number of hydrogen-bond donors (Lipinski definition) is 2. The van der Waals surface area contributed by atoms with E-state index in [0.717, 1.165) is 0 Å². The SMILES string of the molecule is Nc1cccc(C(=O)NC2=NN(c3ccccc3)C(=O)C2)c1. The number of hydrogen-bond acceptors (Lipinski definition) is 4. The number of para-hydroxylation sites is 1. The summed E-state index contributed by atoms with van der Waals surface area (Å²) in [4.78, 5) is 24.1. The van der Waals surface area contributed by atoms with E-state index in [0.29, 0.717) is 22.8 Å². The average molecular weight is 294 g/mol. The first-order chi connectivity index (χ1) is 10.6. The summed E-state index contributed by atoms with van der Waals surface area (Å²) in [5.41, 5.74) is 7.25. The van der Waals surface area contributed by atoms with Crippen LogP contribution in [-0.2, 0) is 4.79 Å². The van der Waals surface area contributed by atoms with Crippen LogP contribution in [0.4, 0.5) is 11.4 Å². The zero-order valence-electron chi connectivity index (χ0n) is 11.7. The molecule has 1 heterocycles. The first-order valence-corrected chi connectivity index (χ1v) is 6.76. The summed E-state index contributed by atoms with van der Waals surface area (Å²) in [6.07, 6.45) is 0.0585. The highest BCUT2D eigenvalue weighted by atomic mass is 16.2. The molecule has 0 aliphatic carbocycles. The van der Waals surface area contributed by atoms with Crippen LogP contribution in [0.1, 0.15) is 16.8 Å². The summed E-state index contributed by atoms with van der Waals surface area (Å²) in [7, 11) is 0. The summed E-state index contributed by atoms with van der Waals surface area (Å²) in [5, 5.41) is 8.10. The van der Waals surface area contributed by atoms with Crippen LogP contribution in [0.15, 0.2) is 59.7 Å². The molecule has 1 aliphatic heterocycles. The van der Waals surface area contributed by atoms with E-state index in [9.17, 15) is 9.59 Å². The largest absolute Gasteiger partial charge is 0.399 e. The fourth-order valence-electron chi connectivity index (χ4n) is 2.15. The third-order valence-electron chi connectivity index (χ3n) is 3.18. The monoisotopic (exact) mass is 294 g/mol. The number of amides is 2. The zero-order chi connectivity index (χ0) is 15.5. The van der Waals surface area contributed by atoms with Crippen molar-refractivity contribution in [2.45, 2.75) is 6.42 Å². The second-order valence-corrected chi connectivity index (χ2v) is 4.84. The molecule has 3 N–H and O–H groups in total. The molecule has 0 unspecified atom stereocenters. The minimum Gasteiger partial charge on any atom is -0.399 e. The van der Waals surface area contributed by atoms with Crippen LogP contribution in [0, 0.1) is 0 Å². The molecule has 3 rings (SSSR count). The molecule has 0 bridgehead atoms. The number of nitrogen functional groups attached to an aromatic ring is 1. The maximum Gasteiger partial charge on any atom is 0.256 e. The molecule has 6 nitrogen and oxygen atoms in total. The van der Waals surface area contributed by atoms with E-state index in [4.69, 9.17) is 5.73 Å². The molecule has 2 amide bonds. The Balaban J connectivity index is 1.76. The predicted molar refractivity (Wildman–Crippen MR) is 84.3 cm³/mol.